The van der Waals surface area contributed by atoms with Gasteiger partial charge in [-0.3, -0.25) is 4.79 Å². The molecule has 1 heterocycles. The Bertz CT molecular complexity index is 788. The van der Waals surface area contributed by atoms with Gasteiger partial charge in [-0.05, 0) is 54.9 Å². The summed E-state index contributed by atoms with van der Waals surface area (Å²) in [4.78, 5) is 14.8. The maximum atomic E-state index is 13.2. The third kappa shape index (κ3) is 4.21. The average Bonchev–Trinajstić information content (AvgIpc) is 2.94. The van der Waals surface area contributed by atoms with E-state index in [1.165, 1.54) is 0 Å². The van der Waals surface area contributed by atoms with Crippen LogP contribution < -0.4 is 4.90 Å². The molecule has 0 atom stereocenters. The molecule has 1 aliphatic heterocycles. The minimum atomic E-state index is -3.53. The maximum Gasteiger partial charge on any atom is 0.243 e. The van der Waals surface area contributed by atoms with Crippen LogP contribution in [0.15, 0.2) is 23.1 Å². The molecule has 1 aromatic rings. The first-order valence-electron chi connectivity index (χ1n) is 10.1. The maximum absolute atomic E-state index is 13.2. The Hall–Kier alpha value is -1.40. The first kappa shape index (κ1) is 20.3. The number of sulfonamides is 1. The SMILES string of the molecule is CC(C)CN(CC(C)C)S(=O)(=O)c1ccc2c(c1)CCN2C(=O)C1CCC1. The molecule has 0 bridgehead atoms. The largest absolute Gasteiger partial charge is 0.312 e. The number of carbonyl (C=O) groups is 1. The molecule has 27 heavy (non-hydrogen) atoms. The highest BCUT2D eigenvalue weighted by atomic mass is 32.2. The van der Waals surface area contributed by atoms with E-state index >= 15 is 0 Å². The topological polar surface area (TPSA) is 57.7 Å². The Morgan fingerprint density at radius 1 is 1.15 bits per heavy atom. The first-order valence-corrected chi connectivity index (χ1v) is 11.6. The molecule has 0 spiro atoms. The Labute approximate surface area is 163 Å². The molecule has 5 nitrogen and oxygen atoms in total. The zero-order valence-electron chi connectivity index (χ0n) is 16.9. The summed E-state index contributed by atoms with van der Waals surface area (Å²) in [6, 6.07) is 5.29. The van der Waals surface area contributed by atoms with Crippen molar-refractivity contribution < 1.29 is 13.2 Å². The molecule has 3 rings (SSSR count). The molecular formula is C21H32N2O3S. The van der Waals surface area contributed by atoms with Gasteiger partial charge in [0.1, 0.15) is 0 Å². The van der Waals surface area contributed by atoms with Gasteiger partial charge < -0.3 is 4.90 Å². The summed E-state index contributed by atoms with van der Waals surface area (Å²) in [5.41, 5.74) is 1.86. The van der Waals surface area contributed by atoms with Crippen LogP contribution in [0.4, 0.5) is 5.69 Å². The predicted octanol–water partition coefficient (Wildman–Crippen LogP) is 3.68. The van der Waals surface area contributed by atoms with E-state index in [4.69, 9.17) is 0 Å². The van der Waals surface area contributed by atoms with Gasteiger partial charge in [-0.1, -0.05) is 34.1 Å². The van der Waals surface area contributed by atoms with Gasteiger partial charge in [0, 0.05) is 31.2 Å². The summed E-state index contributed by atoms with van der Waals surface area (Å²) in [5.74, 6) is 0.899. The molecule has 1 amide bonds. The molecule has 0 radical (unpaired) electrons. The third-order valence-electron chi connectivity index (χ3n) is 5.44. The van der Waals surface area contributed by atoms with Crippen molar-refractivity contribution in [2.75, 3.05) is 24.5 Å². The van der Waals surface area contributed by atoms with Crippen molar-refractivity contribution in [1.29, 1.82) is 0 Å². The lowest BCUT2D eigenvalue weighted by Crippen LogP contribution is -2.38. The zero-order chi connectivity index (χ0) is 19.8. The molecular weight excluding hydrogens is 360 g/mol. The number of hydrogen-bond acceptors (Lipinski definition) is 3. The van der Waals surface area contributed by atoms with Crippen LogP contribution in [0.1, 0.15) is 52.5 Å². The molecule has 1 aliphatic carbocycles. The van der Waals surface area contributed by atoms with Crippen LogP contribution in [-0.2, 0) is 21.2 Å². The van der Waals surface area contributed by atoms with Gasteiger partial charge in [0.15, 0.2) is 0 Å². The molecule has 6 heteroatoms. The number of fused-ring (bicyclic) bond motifs is 1. The standard InChI is InChI=1S/C21H32N2O3S/c1-15(2)13-22(14-16(3)4)27(25,26)19-8-9-20-18(12-19)10-11-23(20)21(24)17-6-5-7-17/h8-9,12,15-17H,5-7,10-11,13-14H2,1-4H3. The summed E-state index contributed by atoms with van der Waals surface area (Å²) in [7, 11) is -3.53. The molecule has 1 saturated carbocycles. The predicted molar refractivity (Wildman–Crippen MR) is 108 cm³/mol. The van der Waals surface area contributed by atoms with Crippen LogP contribution in [0.25, 0.3) is 0 Å². The molecule has 0 aromatic heterocycles. The smallest absolute Gasteiger partial charge is 0.243 e. The summed E-state index contributed by atoms with van der Waals surface area (Å²) in [6.07, 6.45) is 3.83. The van der Waals surface area contributed by atoms with Gasteiger partial charge in [-0.2, -0.15) is 4.31 Å². The summed E-state index contributed by atoms with van der Waals surface area (Å²) >= 11 is 0. The van der Waals surface area contributed by atoms with E-state index in [1.54, 1.807) is 16.4 Å². The fraction of sp³-hybridized carbons (Fsp3) is 0.667. The Morgan fingerprint density at radius 2 is 1.78 bits per heavy atom. The average molecular weight is 393 g/mol. The van der Waals surface area contributed by atoms with Crippen LogP contribution in [0.3, 0.4) is 0 Å². The van der Waals surface area contributed by atoms with E-state index in [1.807, 2.05) is 38.7 Å². The van der Waals surface area contributed by atoms with Crippen LogP contribution >= 0.6 is 0 Å². The number of nitrogens with zero attached hydrogens (tertiary/aromatic N) is 2. The lowest BCUT2D eigenvalue weighted by Gasteiger charge is -2.29. The van der Waals surface area contributed by atoms with Crippen molar-refractivity contribution in [1.82, 2.24) is 4.31 Å². The van der Waals surface area contributed by atoms with Gasteiger partial charge in [-0.25, -0.2) is 8.42 Å². The monoisotopic (exact) mass is 392 g/mol. The zero-order valence-corrected chi connectivity index (χ0v) is 17.8. The van der Waals surface area contributed by atoms with Crippen LogP contribution in [0, 0.1) is 17.8 Å². The Balaban J connectivity index is 1.86. The van der Waals surface area contributed by atoms with Gasteiger partial charge in [0.2, 0.25) is 15.9 Å². The van der Waals surface area contributed by atoms with Crippen molar-refractivity contribution in [3.63, 3.8) is 0 Å². The van der Waals surface area contributed by atoms with E-state index in [2.05, 4.69) is 0 Å². The molecule has 1 aromatic carbocycles. The first-order chi connectivity index (χ1) is 12.7. The van der Waals surface area contributed by atoms with E-state index in [0.29, 0.717) is 24.5 Å². The van der Waals surface area contributed by atoms with Crippen LogP contribution in [0.5, 0.6) is 0 Å². The number of hydrogen-bond donors (Lipinski definition) is 0. The molecule has 0 unspecified atom stereocenters. The number of amides is 1. The second-order valence-corrected chi connectivity index (χ2v) is 10.7. The Kier molecular flexibility index (Phi) is 5.96. The highest BCUT2D eigenvalue weighted by Gasteiger charge is 2.34. The van der Waals surface area contributed by atoms with Crippen molar-refractivity contribution in [2.45, 2.75) is 58.3 Å². The van der Waals surface area contributed by atoms with Gasteiger partial charge in [0.05, 0.1) is 4.90 Å². The highest BCUT2D eigenvalue weighted by Crippen LogP contribution is 2.36. The minimum Gasteiger partial charge on any atom is -0.312 e. The summed E-state index contributed by atoms with van der Waals surface area (Å²) < 4.78 is 28.1. The second kappa shape index (κ2) is 7.92. The fourth-order valence-corrected chi connectivity index (χ4v) is 5.70. The fourth-order valence-electron chi connectivity index (χ4n) is 3.88. The van der Waals surface area contributed by atoms with Crippen LogP contribution in [0.2, 0.25) is 0 Å². The van der Waals surface area contributed by atoms with E-state index < -0.39 is 10.0 Å². The lowest BCUT2D eigenvalue weighted by molar-refractivity contribution is -0.124. The van der Waals surface area contributed by atoms with E-state index in [9.17, 15) is 13.2 Å². The van der Waals surface area contributed by atoms with Crippen LogP contribution in [-0.4, -0.2) is 38.3 Å². The Morgan fingerprint density at radius 3 is 2.30 bits per heavy atom. The van der Waals surface area contributed by atoms with E-state index in [-0.39, 0.29) is 23.7 Å². The van der Waals surface area contributed by atoms with Crippen molar-refractivity contribution in [2.24, 2.45) is 17.8 Å². The normalized spacial score (nSPS) is 17.7. The van der Waals surface area contributed by atoms with Gasteiger partial charge in [-0.15, -0.1) is 0 Å². The summed E-state index contributed by atoms with van der Waals surface area (Å²) in [5, 5.41) is 0. The molecule has 150 valence electrons. The number of anilines is 1. The van der Waals surface area contributed by atoms with Crippen molar-refractivity contribution in [3.8, 4) is 0 Å². The third-order valence-corrected chi connectivity index (χ3v) is 7.27. The van der Waals surface area contributed by atoms with Gasteiger partial charge in [0.25, 0.3) is 0 Å². The quantitative estimate of drug-likeness (QED) is 0.711. The molecule has 0 saturated heterocycles. The molecule has 1 fully saturated rings. The van der Waals surface area contributed by atoms with Crippen molar-refractivity contribution in [3.05, 3.63) is 23.8 Å². The molecule has 2 aliphatic rings. The number of rotatable bonds is 7. The second-order valence-electron chi connectivity index (χ2n) is 8.77. The number of benzene rings is 1. The number of carbonyl (C=O) groups excluding carboxylic acids is 1. The minimum absolute atomic E-state index is 0.159. The van der Waals surface area contributed by atoms with Gasteiger partial charge >= 0.3 is 0 Å². The summed E-state index contributed by atoms with van der Waals surface area (Å²) in [6.45, 7) is 9.85. The van der Waals surface area contributed by atoms with Crippen molar-refractivity contribution >= 4 is 21.6 Å². The highest BCUT2D eigenvalue weighted by molar-refractivity contribution is 7.89. The lowest BCUT2D eigenvalue weighted by atomic mass is 9.84. The molecule has 0 N–H and O–H groups in total. The van der Waals surface area contributed by atoms with E-state index in [0.717, 1.165) is 36.9 Å².